The lowest BCUT2D eigenvalue weighted by molar-refractivity contribution is -0.118. The molecule has 1 fully saturated rings. The summed E-state index contributed by atoms with van der Waals surface area (Å²) in [6.45, 7) is 3.93. The lowest BCUT2D eigenvalue weighted by Gasteiger charge is -2.20. The number of aromatic amines is 1. The average molecular weight is 502 g/mol. The standard InChI is InChI=1S/C23H28ClN7O2S/c1-13-17(10-16(24)11-25-13)27-14(2)19-7-8-20(34-19)23(33)28-18(9-15-5-3-4-6-15)22(32)29-21-12-26-31-30-21/h7-8,10-12,14-15,18,27H,3-6,9H2,1-2H3,(H,28,33)(H2,26,29,30,31,32)/t14-,18?/m0/s1. The largest absolute Gasteiger partial charge is 0.376 e. The van der Waals surface area contributed by atoms with Crippen molar-refractivity contribution in [2.45, 2.75) is 58.0 Å². The van der Waals surface area contributed by atoms with Gasteiger partial charge in [0.1, 0.15) is 6.04 Å². The number of aromatic nitrogens is 4. The van der Waals surface area contributed by atoms with E-state index < -0.39 is 6.04 Å². The minimum atomic E-state index is -0.645. The van der Waals surface area contributed by atoms with Gasteiger partial charge in [0, 0.05) is 11.1 Å². The maximum absolute atomic E-state index is 13.1. The highest BCUT2D eigenvalue weighted by atomic mass is 35.5. The highest BCUT2D eigenvalue weighted by Crippen LogP contribution is 2.30. The lowest BCUT2D eigenvalue weighted by Crippen LogP contribution is -2.44. The molecule has 1 aliphatic carbocycles. The summed E-state index contributed by atoms with van der Waals surface area (Å²) in [4.78, 5) is 31.8. The van der Waals surface area contributed by atoms with E-state index in [0.717, 1.165) is 41.9 Å². The van der Waals surface area contributed by atoms with Crippen molar-refractivity contribution in [3.8, 4) is 0 Å². The summed E-state index contributed by atoms with van der Waals surface area (Å²) in [6.07, 6.45) is 8.13. The Morgan fingerprint density at radius 3 is 2.79 bits per heavy atom. The fourth-order valence-corrected chi connectivity index (χ4v) is 5.25. The lowest BCUT2D eigenvalue weighted by atomic mass is 9.97. The number of nitrogens with zero attached hydrogens (tertiary/aromatic N) is 3. The molecule has 3 aromatic heterocycles. The number of H-pyrrole nitrogens is 1. The normalized spacial score (nSPS) is 15.6. The van der Waals surface area contributed by atoms with Crippen LogP contribution in [0.25, 0.3) is 0 Å². The third kappa shape index (κ3) is 6.12. The zero-order valence-corrected chi connectivity index (χ0v) is 20.7. The van der Waals surface area contributed by atoms with Gasteiger partial charge in [0.2, 0.25) is 5.91 Å². The number of rotatable bonds is 9. The van der Waals surface area contributed by atoms with Crippen LogP contribution in [0.2, 0.25) is 5.02 Å². The molecule has 0 aliphatic heterocycles. The monoisotopic (exact) mass is 501 g/mol. The van der Waals surface area contributed by atoms with E-state index in [2.05, 4.69) is 36.3 Å². The Morgan fingerprint density at radius 2 is 2.06 bits per heavy atom. The Labute approximate surface area is 207 Å². The summed E-state index contributed by atoms with van der Waals surface area (Å²) in [5, 5.41) is 19.7. The molecular weight excluding hydrogens is 474 g/mol. The number of thiophene rings is 1. The van der Waals surface area contributed by atoms with Gasteiger partial charge in [0.15, 0.2) is 5.82 Å². The smallest absolute Gasteiger partial charge is 0.262 e. The minimum absolute atomic E-state index is 0.0460. The molecule has 0 bridgehead atoms. The number of hydrogen-bond acceptors (Lipinski definition) is 7. The molecule has 3 aromatic rings. The van der Waals surface area contributed by atoms with Gasteiger partial charge in [0.25, 0.3) is 5.91 Å². The third-order valence-electron chi connectivity index (χ3n) is 6.03. The van der Waals surface area contributed by atoms with Gasteiger partial charge in [-0.25, -0.2) is 0 Å². The van der Waals surface area contributed by atoms with E-state index in [1.54, 1.807) is 12.3 Å². The van der Waals surface area contributed by atoms with Crippen molar-refractivity contribution in [3.63, 3.8) is 0 Å². The summed E-state index contributed by atoms with van der Waals surface area (Å²) >= 11 is 7.47. The minimum Gasteiger partial charge on any atom is -0.376 e. The van der Waals surface area contributed by atoms with E-state index >= 15 is 0 Å². The molecule has 9 nitrogen and oxygen atoms in total. The predicted octanol–water partition coefficient (Wildman–Crippen LogP) is 4.71. The van der Waals surface area contributed by atoms with Crippen LogP contribution in [0.3, 0.4) is 0 Å². The molecule has 0 radical (unpaired) electrons. The van der Waals surface area contributed by atoms with Gasteiger partial charge in [-0.2, -0.15) is 10.3 Å². The molecule has 180 valence electrons. The van der Waals surface area contributed by atoms with E-state index in [1.165, 1.54) is 17.5 Å². The van der Waals surface area contributed by atoms with Crippen molar-refractivity contribution < 1.29 is 9.59 Å². The summed E-state index contributed by atoms with van der Waals surface area (Å²) in [6, 6.07) is 4.86. The van der Waals surface area contributed by atoms with Crippen LogP contribution in [0.15, 0.2) is 30.6 Å². The highest BCUT2D eigenvalue weighted by Gasteiger charge is 2.28. The van der Waals surface area contributed by atoms with E-state index in [4.69, 9.17) is 11.6 Å². The van der Waals surface area contributed by atoms with Crippen LogP contribution in [0, 0.1) is 12.8 Å². The number of carbonyl (C=O) groups is 2. The number of amides is 2. The first-order valence-corrected chi connectivity index (χ1v) is 12.5. The molecule has 1 unspecified atom stereocenters. The Bertz CT molecular complexity index is 1130. The van der Waals surface area contributed by atoms with Crippen LogP contribution in [-0.2, 0) is 4.79 Å². The Hall–Kier alpha value is -2.98. The molecule has 1 saturated carbocycles. The van der Waals surface area contributed by atoms with Crippen LogP contribution < -0.4 is 16.0 Å². The fourth-order valence-electron chi connectivity index (χ4n) is 4.18. The number of anilines is 2. The average Bonchev–Trinajstić information content (AvgIpc) is 3.58. The second kappa shape index (κ2) is 11.0. The molecule has 3 heterocycles. The van der Waals surface area contributed by atoms with Crippen LogP contribution in [0.5, 0.6) is 0 Å². The van der Waals surface area contributed by atoms with Gasteiger partial charge in [-0.05, 0) is 44.4 Å². The first-order chi connectivity index (χ1) is 16.4. The van der Waals surface area contributed by atoms with Gasteiger partial charge in [-0.1, -0.05) is 37.3 Å². The van der Waals surface area contributed by atoms with Crippen molar-refractivity contribution in [3.05, 3.63) is 51.1 Å². The molecule has 2 amide bonds. The highest BCUT2D eigenvalue weighted by molar-refractivity contribution is 7.14. The van der Waals surface area contributed by atoms with E-state index in [1.807, 2.05) is 26.0 Å². The van der Waals surface area contributed by atoms with E-state index in [-0.39, 0.29) is 17.9 Å². The molecule has 34 heavy (non-hydrogen) atoms. The van der Waals surface area contributed by atoms with Crippen molar-refractivity contribution >= 4 is 46.3 Å². The quantitative estimate of drug-likeness (QED) is 0.336. The van der Waals surface area contributed by atoms with Gasteiger partial charge < -0.3 is 16.0 Å². The van der Waals surface area contributed by atoms with Crippen LogP contribution in [0.4, 0.5) is 11.5 Å². The summed E-state index contributed by atoms with van der Waals surface area (Å²) in [7, 11) is 0. The number of pyridine rings is 1. The van der Waals surface area contributed by atoms with Gasteiger partial charge >= 0.3 is 0 Å². The van der Waals surface area contributed by atoms with Crippen LogP contribution in [0.1, 0.15) is 65.3 Å². The molecule has 4 rings (SSSR count). The Balaban J connectivity index is 1.42. The van der Waals surface area contributed by atoms with Crippen molar-refractivity contribution in [2.75, 3.05) is 10.6 Å². The molecule has 0 aromatic carbocycles. The first kappa shape index (κ1) is 24.2. The van der Waals surface area contributed by atoms with Gasteiger partial charge in [0.05, 0.1) is 33.5 Å². The van der Waals surface area contributed by atoms with E-state index in [0.29, 0.717) is 28.1 Å². The molecule has 0 saturated heterocycles. The SMILES string of the molecule is Cc1ncc(Cl)cc1N[C@@H](C)c1ccc(C(=O)NC(CC2CCCC2)C(=O)Nc2cn[nH]n2)s1. The second-order valence-corrected chi connectivity index (χ2v) is 10.2. The maximum atomic E-state index is 13.1. The van der Waals surface area contributed by atoms with Gasteiger partial charge in [-0.3, -0.25) is 14.6 Å². The maximum Gasteiger partial charge on any atom is 0.262 e. The number of aryl methyl sites for hydroxylation is 1. The summed E-state index contributed by atoms with van der Waals surface area (Å²) < 4.78 is 0. The molecule has 4 N–H and O–H groups in total. The zero-order valence-electron chi connectivity index (χ0n) is 19.1. The Morgan fingerprint density at radius 1 is 1.26 bits per heavy atom. The fraction of sp³-hybridized carbons (Fsp3) is 0.435. The second-order valence-electron chi connectivity index (χ2n) is 8.61. The zero-order chi connectivity index (χ0) is 24.1. The van der Waals surface area contributed by atoms with E-state index in [9.17, 15) is 9.59 Å². The third-order valence-corrected chi connectivity index (χ3v) is 7.51. The number of hydrogen-bond donors (Lipinski definition) is 4. The van der Waals surface area contributed by atoms with Gasteiger partial charge in [-0.15, -0.1) is 16.4 Å². The van der Waals surface area contributed by atoms with Crippen LogP contribution >= 0.6 is 22.9 Å². The summed E-state index contributed by atoms with van der Waals surface area (Å²) in [5.74, 6) is 0.207. The molecule has 1 aliphatic rings. The van der Waals surface area contributed by atoms with Crippen molar-refractivity contribution in [1.82, 2.24) is 25.7 Å². The van der Waals surface area contributed by atoms with Crippen molar-refractivity contribution in [2.24, 2.45) is 5.92 Å². The molecular formula is C23H28ClN7O2S. The number of carbonyl (C=O) groups excluding carboxylic acids is 2. The number of nitrogens with one attached hydrogen (secondary N) is 4. The summed E-state index contributed by atoms with van der Waals surface area (Å²) in [5.41, 5.74) is 1.69. The first-order valence-electron chi connectivity index (χ1n) is 11.3. The molecule has 11 heteroatoms. The van der Waals surface area contributed by atoms with Crippen molar-refractivity contribution in [1.29, 1.82) is 0 Å². The Kier molecular flexibility index (Phi) is 7.79. The topological polar surface area (TPSA) is 125 Å². The molecule has 0 spiro atoms. The van der Waals surface area contributed by atoms with Crippen LogP contribution in [-0.4, -0.2) is 38.3 Å². The molecule has 2 atom stereocenters. The predicted molar refractivity (Wildman–Crippen MR) is 133 cm³/mol. The number of halogens is 1.